The van der Waals surface area contributed by atoms with Gasteiger partial charge in [-0.2, -0.15) is 0 Å². The first-order valence-electron chi connectivity index (χ1n) is 12.1. The van der Waals surface area contributed by atoms with Gasteiger partial charge in [0.15, 0.2) is 11.5 Å². The molecule has 10 heteroatoms. The molecule has 1 saturated heterocycles. The third kappa shape index (κ3) is 5.81. The molecule has 1 N–H and O–H groups in total. The van der Waals surface area contributed by atoms with Crippen molar-refractivity contribution in [2.75, 3.05) is 27.3 Å². The van der Waals surface area contributed by atoms with Gasteiger partial charge in [-0.05, 0) is 37.0 Å². The number of likely N-dealkylation sites (tertiary alicyclic amines) is 1. The van der Waals surface area contributed by atoms with Crippen LogP contribution < -0.4 is 20.3 Å². The maximum atomic E-state index is 12.9. The van der Waals surface area contributed by atoms with Crippen LogP contribution in [0.1, 0.15) is 31.2 Å². The number of nitrogens with zero attached hydrogens (tertiary/aromatic N) is 4. The Morgan fingerprint density at radius 1 is 1.14 bits per heavy atom. The third-order valence-electron chi connectivity index (χ3n) is 6.53. The molecule has 3 heterocycles. The van der Waals surface area contributed by atoms with Gasteiger partial charge in [-0.15, -0.1) is 0 Å². The Bertz CT molecular complexity index is 1270. The number of methoxy groups -OCH3 is 2. The number of ether oxygens (including phenoxy) is 2. The predicted molar refractivity (Wildman–Crippen MR) is 134 cm³/mol. The number of hydrogen-bond donors (Lipinski definition) is 1. The van der Waals surface area contributed by atoms with Crippen molar-refractivity contribution >= 4 is 22.7 Å². The quantitative estimate of drug-likeness (QED) is 0.486. The highest BCUT2D eigenvalue weighted by Gasteiger charge is 2.27. The fourth-order valence-electron chi connectivity index (χ4n) is 4.43. The van der Waals surface area contributed by atoms with Gasteiger partial charge in [0.25, 0.3) is 5.56 Å². The molecule has 1 fully saturated rings. The molecule has 1 aliphatic rings. The lowest BCUT2D eigenvalue weighted by molar-refractivity contribution is -0.135. The lowest BCUT2D eigenvalue weighted by Gasteiger charge is -2.31. The summed E-state index contributed by atoms with van der Waals surface area (Å²) in [6.07, 6.45) is 7.06. The summed E-state index contributed by atoms with van der Waals surface area (Å²) in [7, 11) is 3.05. The second kappa shape index (κ2) is 11.7. The summed E-state index contributed by atoms with van der Waals surface area (Å²) < 4.78 is 12.1. The van der Waals surface area contributed by atoms with Gasteiger partial charge in [0.05, 0.1) is 31.4 Å². The van der Waals surface area contributed by atoms with Crippen molar-refractivity contribution in [3.8, 4) is 11.5 Å². The van der Waals surface area contributed by atoms with Crippen LogP contribution in [0.4, 0.5) is 0 Å². The Labute approximate surface area is 209 Å². The van der Waals surface area contributed by atoms with E-state index in [4.69, 9.17) is 9.47 Å². The minimum Gasteiger partial charge on any atom is -0.493 e. The van der Waals surface area contributed by atoms with E-state index in [9.17, 15) is 14.4 Å². The van der Waals surface area contributed by atoms with E-state index in [0.717, 1.165) is 5.56 Å². The molecule has 2 aromatic heterocycles. The number of pyridine rings is 1. The zero-order valence-corrected chi connectivity index (χ0v) is 20.6. The van der Waals surface area contributed by atoms with E-state index in [0.29, 0.717) is 74.3 Å². The normalized spacial score (nSPS) is 14.0. The molecule has 10 nitrogen and oxygen atoms in total. The lowest BCUT2D eigenvalue weighted by atomic mass is 9.95. The molecule has 0 spiro atoms. The fourth-order valence-corrected chi connectivity index (χ4v) is 4.43. The van der Waals surface area contributed by atoms with Gasteiger partial charge in [0.1, 0.15) is 0 Å². The van der Waals surface area contributed by atoms with Crippen LogP contribution in [0.3, 0.4) is 0 Å². The summed E-state index contributed by atoms with van der Waals surface area (Å²) in [6.45, 7) is 1.95. The molecule has 0 aliphatic carbocycles. The monoisotopic (exact) mass is 493 g/mol. The van der Waals surface area contributed by atoms with Crippen LogP contribution in [0.2, 0.25) is 0 Å². The number of piperidine rings is 1. The first-order valence-corrected chi connectivity index (χ1v) is 12.1. The van der Waals surface area contributed by atoms with Gasteiger partial charge in [-0.25, -0.2) is 4.98 Å². The summed E-state index contributed by atoms with van der Waals surface area (Å²) in [5.41, 5.74) is 1.29. The van der Waals surface area contributed by atoms with E-state index in [1.54, 1.807) is 24.5 Å². The molecule has 0 atom stereocenters. The number of fused-ring (bicyclic) bond motifs is 1. The Morgan fingerprint density at radius 3 is 2.58 bits per heavy atom. The average Bonchev–Trinajstić information content (AvgIpc) is 2.92. The maximum Gasteiger partial charge on any atom is 0.261 e. The van der Waals surface area contributed by atoms with Gasteiger partial charge in [-0.1, -0.05) is 6.07 Å². The van der Waals surface area contributed by atoms with E-state index >= 15 is 0 Å². The van der Waals surface area contributed by atoms with Gasteiger partial charge in [0.2, 0.25) is 11.8 Å². The highest BCUT2D eigenvalue weighted by atomic mass is 16.5. The predicted octanol–water partition coefficient (Wildman–Crippen LogP) is 2.14. The van der Waals surface area contributed by atoms with Gasteiger partial charge < -0.3 is 19.7 Å². The number of carbonyl (C=O) groups is 2. The van der Waals surface area contributed by atoms with Crippen molar-refractivity contribution in [3.05, 3.63) is 58.9 Å². The highest BCUT2D eigenvalue weighted by Crippen LogP contribution is 2.29. The van der Waals surface area contributed by atoms with Crippen LogP contribution in [0.15, 0.2) is 47.8 Å². The summed E-state index contributed by atoms with van der Waals surface area (Å²) >= 11 is 0. The van der Waals surface area contributed by atoms with E-state index in [1.165, 1.54) is 25.1 Å². The largest absolute Gasteiger partial charge is 0.493 e. The van der Waals surface area contributed by atoms with Crippen molar-refractivity contribution in [1.29, 1.82) is 0 Å². The van der Waals surface area contributed by atoms with Crippen LogP contribution in [0, 0.1) is 5.92 Å². The molecule has 4 rings (SSSR count). The number of amides is 2. The molecular weight excluding hydrogens is 462 g/mol. The van der Waals surface area contributed by atoms with E-state index < -0.39 is 0 Å². The summed E-state index contributed by atoms with van der Waals surface area (Å²) in [5.74, 6) is 0.936. The summed E-state index contributed by atoms with van der Waals surface area (Å²) in [4.78, 5) is 48.3. The van der Waals surface area contributed by atoms with Gasteiger partial charge >= 0.3 is 0 Å². The molecule has 0 radical (unpaired) electrons. The summed E-state index contributed by atoms with van der Waals surface area (Å²) in [6, 6.07) is 7.06. The fraction of sp³-hybridized carbons (Fsp3) is 0.423. The number of hydrogen-bond acceptors (Lipinski definition) is 7. The van der Waals surface area contributed by atoms with Crippen molar-refractivity contribution < 1.29 is 19.1 Å². The molecule has 190 valence electrons. The Balaban J connectivity index is 1.25. The van der Waals surface area contributed by atoms with Crippen molar-refractivity contribution in [2.45, 2.75) is 38.8 Å². The maximum absolute atomic E-state index is 12.9. The second-order valence-electron chi connectivity index (χ2n) is 8.81. The molecular formula is C26H31N5O5. The number of benzene rings is 1. The van der Waals surface area contributed by atoms with E-state index in [-0.39, 0.29) is 23.3 Å². The van der Waals surface area contributed by atoms with Crippen molar-refractivity contribution in [1.82, 2.24) is 24.8 Å². The van der Waals surface area contributed by atoms with Gasteiger partial charge in [-0.3, -0.25) is 23.9 Å². The van der Waals surface area contributed by atoms with Crippen LogP contribution in [0.5, 0.6) is 11.5 Å². The van der Waals surface area contributed by atoms with Crippen LogP contribution >= 0.6 is 0 Å². The van der Waals surface area contributed by atoms with Crippen molar-refractivity contribution in [2.24, 2.45) is 5.92 Å². The molecule has 36 heavy (non-hydrogen) atoms. The standard InChI is InChI=1S/C26H31N5O5/c1-35-22-13-20-21(14-23(22)36-2)29-17-31(26(20)34)10-4-6-24(32)30-11-7-19(8-12-30)25(33)28-16-18-5-3-9-27-15-18/h3,5,9,13-15,17,19H,4,6-8,10-12,16H2,1-2H3,(H,28,33). The first-order chi connectivity index (χ1) is 17.5. The molecule has 1 aliphatic heterocycles. The number of aryl methyl sites for hydroxylation is 1. The molecule has 2 amide bonds. The molecule has 0 saturated carbocycles. The van der Waals surface area contributed by atoms with E-state index in [2.05, 4.69) is 15.3 Å². The Morgan fingerprint density at radius 2 is 1.89 bits per heavy atom. The Kier molecular flexibility index (Phi) is 8.14. The highest BCUT2D eigenvalue weighted by molar-refractivity contribution is 5.82. The van der Waals surface area contributed by atoms with Crippen molar-refractivity contribution in [3.63, 3.8) is 0 Å². The molecule has 1 aromatic carbocycles. The Hall–Kier alpha value is -3.95. The number of aromatic nitrogens is 3. The van der Waals surface area contributed by atoms with Crippen LogP contribution in [-0.2, 0) is 22.7 Å². The lowest BCUT2D eigenvalue weighted by Crippen LogP contribution is -2.43. The molecule has 0 unspecified atom stereocenters. The van der Waals surface area contributed by atoms with Gasteiger partial charge in [0, 0.05) is 57.0 Å². The smallest absolute Gasteiger partial charge is 0.261 e. The third-order valence-corrected chi connectivity index (χ3v) is 6.53. The zero-order valence-electron chi connectivity index (χ0n) is 20.6. The topological polar surface area (TPSA) is 116 Å². The van der Waals surface area contributed by atoms with Crippen LogP contribution in [0.25, 0.3) is 10.9 Å². The molecule has 3 aromatic rings. The van der Waals surface area contributed by atoms with Crippen LogP contribution in [-0.4, -0.2) is 58.6 Å². The minimum atomic E-state index is -0.188. The first kappa shape index (κ1) is 25.2. The number of rotatable bonds is 9. The summed E-state index contributed by atoms with van der Waals surface area (Å²) in [5, 5.41) is 3.40. The molecule has 0 bridgehead atoms. The SMILES string of the molecule is COc1cc2ncn(CCCC(=O)N3CCC(C(=O)NCc4cccnc4)CC3)c(=O)c2cc1OC. The number of carbonyl (C=O) groups excluding carboxylic acids is 2. The second-order valence-corrected chi connectivity index (χ2v) is 8.81. The number of nitrogens with one attached hydrogen (secondary N) is 1. The minimum absolute atomic E-state index is 0.0170. The average molecular weight is 494 g/mol. The van der Waals surface area contributed by atoms with E-state index in [1.807, 2.05) is 17.0 Å². The zero-order chi connectivity index (χ0) is 25.5.